The first-order valence-corrected chi connectivity index (χ1v) is 5.09. The Kier molecular flexibility index (Phi) is 3.83. The summed E-state index contributed by atoms with van der Waals surface area (Å²) in [5.74, 6) is -4.63. The van der Waals surface area contributed by atoms with E-state index in [0.717, 1.165) is 0 Å². The molecule has 1 amide bonds. The van der Waals surface area contributed by atoms with E-state index in [1.807, 2.05) is 0 Å². The van der Waals surface area contributed by atoms with Crippen LogP contribution in [-0.4, -0.2) is 31.5 Å². The van der Waals surface area contributed by atoms with Crippen molar-refractivity contribution < 1.29 is 23.1 Å². The minimum atomic E-state index is -2.70. The van der Waals surface area contributed by atoms with E-state index >= 15 is 0 Å². The van der Waals surface area contributed by atoms with Gasteiger partial charge in [0.05, 0.1) is 13.0 Å². The highest BCUT2D eigenvalue weighted by Crippen LogP contribution is 2.42. The standard InChI is InChI=1S/C10H15F2NO3/c1-6(9(15)16-2)5-13-8(14)7-3-10(11,12)4-7/h6-7H,3-5H2,1-2H3,(H,13,14). The van der Waals surface area contributed by atoms with E-state index in [2.05, 4.69) is 10.1 Å². The van der Waals surface area contributed by atoms with Crippen LogP contribution < -0.4 is 5.32 Å². The Morgan fingerprint density at radius 2 is 2.06 bits per heavy atom. The van der Waals surface area contributed by atoms with E-state index < -0.39 is 42.5 Å². The zero-order valence-electron chi connectivity index (χ0n) is 9.26. The summed E-state index contributed by atoms with van der Waals surface area (Å²) in [6.07, 6.45) is -0.795. The molecule has 1 atom stereocenters. The number of nitrogens with one attached hydrogen (secondary N) is 1. The summed E-state index contributed by atoms with van der Waals surface area (Å²) in [5.41, 5.74) is 0. The van der Waals surface area contributed by atoms with Crippen molar-refractivity contribution in [2.45, 2.75) is 25.7 Å². The molecule has 0 bridgehead atoms. The third kappa shape index (κ3) is 3.15. The van der Waals surface area contributed by atoms with Crippen LogP contribution >= 0.6 is 0 Å². The quantitative estimate of drug-likeness (QED) is 0.738. The second-order valence-corrected chi connectivity index (χ2v) is 4.13. The molecule has 6 heteroatoms. The molecule has 1 saturated carbocycles. The van der Waals surface area contributed by atoms with Crippen LogP contribution in [0.3, 0.4) is 0 Å². The summed E-state index contributed by atoms with van der Waals surface area (Å²) < 4.78 is 29.4. The van der Waals surface area contributed by atoms with Crippen molar-refractivity contribution >= 4 is 11.9 Å². The van der Waals surface area contributed by atoms with Gasteiger partial charge < -0.3 is 10.1 Å². The van der Waals surface area contributed by atoms with Gasteiger partial charge in [0, 0.05) is 25.3 Å². The van der Waals surface area contributed by atoms with Gasteiger partial charge in [-0.1, -0.05) is 6.92 Å². The van der Waals surface area contributed by atoms with Crippen LogP contribution in [-0.2, 0) is 14.3 Å². The average Bonchev–Trinajstić information content (AvgIpc) is 2.20. The van der Waals surface area contributed by atoms with Gasteiger partial charge in [-0.05, 0) is 0 Å². The Labute approximate surface area is 92.3 Å². The smallest absolute Gasteiger partial charge is 0.310 e. The fourth-order valence-electron chi connectivity index (χ4n) is 1.53. The van der Waals surface area contributed by atoms with E-state index in [1.54, 1.807) is 6.92 Å². The first-order chi connectivity index (χ1) is 7.35. The van der Waals surface area contributed by atoms with Gasteiger partial charge >= 0.3 is 5.97 Å². The summed E-state index contributed by atoms with van der Waals surface area (Å²) in [7, 11) is 1.26. The van der Waals surface area contributed by atoms with Crippen molar-refractivity contribution in [2.75, 3.05) is 13.7 Å². The van der Waals surface area contributed by atoms with Gasteiger partial charge in [-0.3, -0.25) is 9.59 Å². The van der Waals surface area contributed by atoms with Crippen molar-refractivity contribution in [3.8, 4) is 0 Å². The molecule has 92 valence electrons. The second-order valence-electron chi connectivity index (χ2n) is 4.13. The number of hydrogen-bond acceptors (Lipinski definition) is 3. The molecule has 0 aromatic carbocycles. The topological polar surface area (TPSA) is 55.4 Å². The molecule has 16 heavy (non-hydrogen) atoms. The van der Waals surface area contributed by atoms with Crippen LogP contribution in [0, 0.1) is 11.8 Å². The number of hydrogen-bond donors (Lipinski definition) is 1. The molecular formula is C10H15F2NO3. The number of methoxy groups -OCH3 is 1. The highest BCUT2D eigenvalue weighted by atomic mass is 19.3. The van der Waals surface area contributed by atoms with Crippen LogP contribution in [0.25, 0.3) is 0 Å². The molecule has 0 aromatic rings. The largest absolute Gasteiger partial charge is 0.469 e. The summed E-state index contributed by atoms with van der Waals surface area (Å²) >= 11 is 0. The third-order valence-corrected chi connectivity index (χ3v) is 2.65. The van der Waals surface area contributed by atoms with Crippen molar-refractivity contribution in [3.63, 3.8) is 0 Å². The van der Waals surface area contributed by atoms with E-state index in [9.17, 15) is 18.4 Å². The number of carbonyl (C=O) groups is 2. The van der Waals surface area contributed by atoms with E-state index in [4.69, 9.17) is 0 Å². The number of rotatable bonds is 4. The van der Waals surface area contributed by atoms with E-state index in [1.165, 1.54) is 7.11 Å². The molecule has 0 aromatic heterocycles. The normalized spacial score (nSPS) is 20.8. The Balaban J connectivity index is 2.24. The maximum atomic E-state index is 12.5. The maximum Gasteiger partial charge on any atom is 0.310 e. The fraction of sp³-hybridized carbons (Fsp3) is 0.800. The number of carbonyl (C=O) groups excluding carboxylic acids is 2. The lowest BCUT2D eigenvalue weighted by Gasteiger charge is -2.33. The first-order valence-electron chi connectivity index (χ1n) is 5.09. The van der Waals surface area contributed by atoms with Gasteiger partial charge in [0.1, 0.15) is 0 Å². The zero-order valence-corrected chi connectivity index (χ0v) is 9.26. The predicted octanol–water partition coefficient (Wildman–Crippen LogP) is 0.957. The van der Waals surface area contributed by atoms with Crippen LogP contribution in [0.4, 0.5) is 8.78 Å². The van der Waals surface area contributed by atoms with Crippen LogP contribution in [0.5, 0.6) is 0 Å². The minimum absolute atomic E-state index is 0.119. The summed E-state index contributed by atoms with van der Waals surface area (Å²) in [6.45, 7) is 1.72. The molecule has 0 radical (unpaired) electrons. The van der Waals surface area contributed by atoms with Crippen molar-refractivity contribution in [2.24, 2.45) is 11.8 Å². The minimum Gasteiger partial charge on any atom is -0.469 e. The molecule has 1 rings (SSSR count). The number of alkyl halides is 2. The first kappa shape index (κ1) is 12.9. The highest BCUT2D eigenvalue weighted by molar-refractivity contribution is 5.80. The van der Waals surface area contributed by atoms with Crippen molar-refractivity contribution in [1.29, 1.82) is 0 Å². The molecule has 1 aliphatic rings. The Morgan fingerprint density at radius 3 is 2.50 bits per heavy atom. The fourth-order valence-corrected chi connectivity index (χ4v) is 1.53. The lowest BCUT2D eigenvalue weighted by Crippen LogP contribution is -2.46. The molecule has 1 fully saturated rings. The number of esters is 1. The lowest BCUT2D eigenvalue weighted by atomic mass is 9.81. The van der Waals surface area contributed by atoms with Gasteiger partial charge in [0.25, 0.3) is 0 Å². The number of ether oxygens (including phenoxy) is 1. The summed E-state index contributed by atoms with van der Waals surface area (Å²) in [5, 5.41) is 2.46. The molecule has 0 aliphatic heterocycles. The molecule has 0 saturated heterocycles. The van der Waals surface area contributed by atoms with Gasteiger partial charge in [0.15, 0.2) is 0 Å². The zero-order chi connectivity index (χ0) is 12.3. The summed E-state index contributed by atoms with van der Waals surface area (Å²) in [4.78, 5) is 22.3. The monoisotopic (exact) mass is 235 g/mol. The lowest BCUT2D eigenvalue weighted by molar-refractivity contribution is -0.151. The van der Waals surface area contributed by atoms with Crippen molar-refractivity contribution in [1.82, 2.24) is 5.32 Å². The van der Waals surface area contributed by atoms with Gasteiger partial charge in [-0.2, -0.15) is 0 Å². The van der Waals surface area contributed by atoms with Crippen LogP contribution in [0.2, 0.25) is 0 Å². The Morgan fingerprint density at radius 1 is 1.50 bits per heavy atom. The highest BCUT2D eigenvalue weighted by Gasteiger charge is 2.48. The molecule has 1 aliphatic carbocycles. The SMILES string of the molecule is COC(=O)C(C)CNC(=O)C1CC(F)(F)C1. The van der Waals surface area contributed by atoms with Crippen LogP contribution in [0.1, 0.15) is 19.8 Å². The van der Waals surface area contributed by atoms with E-state index in [0.29, 0.717) is 0 Å². The van der Waals surface area contributed by atoms with Gasteiger partial charge in [-0.25, -0.2) is 8.78 Å². The van der Waals surface area contributed by atoms with Crippen molar-refractivity contribution in [3.05, 3.63) is 0 Å². The van der Waals surface area contributed by atoms with E-state index in [-0.39, 0.29) is 6.54 Å². The number of halogens is 2. The second kappa shape index (κ2) is 4.76. The van der Waals surface area contributed by atoms with Gasteiger partial charge in [-0.15, -0.1) is 0 Å². The average molecular weight is 235 g/mol. The predicted molar refractivity (Wildman–Crippen MR) is 51.9 cm³/mol. The molecule has 4 nitrogen and oxygen atoms in total. The molecule has 1 N–H and O–H groups in total. The third-order valence-electron chi connectivity index (χ3n) is 2.65. The molecule has 0 heterocycles. The Bertz CT molecular complexity index is 286. The molecule has 1 unspecified atom stereocenters. The maximum absolute atomic E-state index is 12.5. The molecular weight excluding hydrogens is 220 g/mol. The Hall–Kier alpha value is -1.20. The van der Waals surface area contributed by atoms with Gasteiger partial charge in [0.2, 0.25) is 11.8 Å². The summed E-state index contributed by atoms with van der Waals surface area (Å²) in [6, 6.07) is 0. The molecule has 0 spiro atoms. The number of amides is 1. The van der Waals surface area contributed by atoms with Crippen LogP contribution in [0.15, 0.2) is 0 Å².